The van der Waals surface area contributed by atoms with Crippen LogP contribution < -0.4 is 0 Å². The van der Waals surface area contributed by atoms with E-state index in [1.807, 2.05) is 41.5 Å². The molecule has 0 aliphatic rings. The van der Waals surface area contributed by atoms with Crippen molar-refractivity contribution in [1.29, 1.82) is 0 Å². The zero-order chi connectivity index (χ0) is 20.1. The monoisotopic (exact) mass is 386 g/mol. The Hall–Kier alpha value is -1.67. The average molecular weight is 387 g/mol. The van der Waals surface area contributed by atoms with E-state index in [9.17, 15) is 9.59 Å². The van der Waals surface area contributed by atoms with E-state index in [1.165, 1.54) is 16.7 Å². The molecule has 0 spiro atoms. The summed E-state index contributed by atoms with van der Waals surface area (Å²) in [7, 11) is 1.71. The predicted molar refractivity (Wildman–Crippen MR) is 101 cm³/mol. The van der Waals surface area contributed by atoms with Gasteiger partial charge in [0.1, 0.15) is 16.7 Å². The quantitative estimate of drug-likeness (QED) is 0.720. The van der Waals surface area contributed by atoms with Crippen LogP contribution in [0.2, 0.25) is 0 Å². The minimum absolute atomic E-state index is 0.0105. The fourth-order valence-corrected chi connectivity index (χ4v) is 3.39. The third-order valence-corrected chi connectivity index (χ3v) is 4.73. The summed E-state index contributed by atoms with van der Waals surface area (Å²) < 4.78 is 11.3. The van der Waals surface area contributed by atoms with Crippen molar-refractivity contribution in [3.05, 3.63) is 16.1 Å². The lowest BCUT2D eigenvalue weighted by atomic mass is 9.96. The molecule has 1 aromatic rings. The molecule has 0 saturated heterocycles. The van der Waals surface area contributed by atoms with Gasteiger partial charge in [-0.1, -0.05) is 13.8 Å². The Morgan fingerprint density at radius 3 is 2.38 bits per heavy atom. The van der Waals surface area contributed by atoms with E-state index in [-0.39, 0.29) is 23.8 Å². The number of carboxylic acid groups (broad SMARTS) is 1. The van der Waals surface area contributed by atoms with Crippen molar-refractivity contribution >= 4 is 23.4 Å². The molecule has 0 fully saturated rings. The van der Waals surface area contributed by atoms with Crippen LogP contribution in [-0.2, 0) is 9.47 Å². The molecule has 1 aromatic heterocycles. The van der Waals surface area contributed by atoms with Gasteiger partial charge in [-0.2, -0.15) is 0 Å². The molecule has 1 amide bonds. The fourth-order valence-electron chi connectivity index (χ4n) is 2.54. The van der Waals surface area contributed by atoms with E-state index in [0.717, 1.165) is 0 Å². The van der Waals surface area contributed by atoms with Gasteiger partial charge in [-0.15, -0.1) is 11.3 Å². The molecule has 26 heavy (non-hydrogen) atoms. The predicted octanol–water partition coefficient (Wildman–Crippen LogP) is 4.20. The Bertz CT molecular complexity index is 609. The summed E-state index contributed by atoms with van der Waals surface area (Å²) in [6, 6.07) is -0.140. The Kier molecular flexibility index (Phi) is 8.02. The zero-order valence-electron chi connectivity index (χ0n) is 16.6. The van der Waals surface area contributed by atoms with Gasteiger partial charge in [0.2, 0.25) is 0 Å². The molecule has 1 N–H and O–H groups in total. The first kappa shape index (κ1) is 22.4. The standard InChI is InChI=1S/C18H30N2O5S/c1-8-24-14(15-19-12(10-26-15)16(21)22)9-13(11(2)3)20(7)17(23)25-18(4,5)6/h10-11,13-14H,8-9H2,1-7H3,(H,21,22)/t13-,14-/m0/s1. The highest BCUT2D eigenvalue weighted by atomic mass is 32.1. The van der Waals surface area contributed by atoms with Gasteiger partial charge < -0.3 is 19.5 Å². The van der Waals surface area contributed by atoms with E-state index in [2.05, 4.69) is 4.98 Å². The molecule has 0 saturated carbocycles. The number of carboxylic acids is 1. The zero-order valence-corrected chi connectivity index (χ0v) is 17.4. The Morgan fingerprint density at radius 2 is 1.96 bits per heavy atom. The van der Waals surface area contributed by atoms with Crippen molar-refractivity contribution in [3.63, 3.8) is 0 Å². The summed E-state index contributed by atoms with van der Waals surface area (Å²) >= 11 is 1.26. The molecular weight excluding hydrogens is 356 g/mol. The van der Waals surface area contributed by atoms with Crippen LogP contribution in [0, 0.1) is 5.92 Å². The van der Waals surface area contributed by atoms with Crippen molar-refractivity contribution in [2.24, 2.45) is 5.92 Å². The first-order valence-electron chi connectivity index (χ1n) is 8.72. The number of rotatable bonds is 8. The smallest absolute Gasteiger partial charge is 0.410 e. The van der Waals surface area contributed by atoms with Gasteiger partial charge in [0, 0.05) is 31.5 Å². The summed E-state index contributed by atoms with van der Waals surface area (Å²) in [5.74, 6) is -0.900. The van der Waals surface area contributed by atoms with Crippen LogP contribution in [-0.4, -0.2) is 52.4 Å². The second-order valence-corrected chi connectivity index (χ2v) is 8.35. The van der Waals surface area contributed by atoms with Crippen LogP contribution in [0.4, 0.5) is 4.79 Å². The van der Waals surface area contributed by atoms with Crippen LogP contribution in [0.15, 0.2) is 5.38 Å². The van der Waals surface area contributed by atoms with E-state index < -0.39 is 17.7 Å². The number of aromatic nitrogens is 1. The Labute approximate surface area is 159 Å². The van der Waals surface area contributed by atoms with Gasteiger partial charge >= 0.3 is 12.1 Å². The van der Waals surface area contributed by atoms with Crippen LogP contribution in [0.25, 0.3) is 0 Å². The van der Waals surface area contributed by atoms with Crippen LogP contribution in [0.5, 0.6) is 0 Å². The highest BCUT2D eigenvalue weighted by Gasteiger charge is 2.31. The molecule has 0 unspecified atom stereocenters. The first-order chi connectivity index (χ1) is 12.0. The molecular formula is C18H30N2O5S. The molecule has 0 radical (unpaired) electrons. The van der Waals surface area contributed by atoms with Crippen molar-refractivity contribution in [1.82, 2.24) is 9.88 Å². The van der Waals surface area contributed by atoms with E-state index in [0.29, 0.717) is 18.0 Å². The number of amides is 1. The average Bonchev–Trinajstić information content (AvgIpc) is 2.98. The summed E-state index contributed by atoms with van der Waals surface area (Å²) in [5.41, 5.74) is -0.561. The van der Waals surface area contributed by atoms with Gasteiger partial charge in [0.15, 0.2) is 5.69 Å². The highest BCUT2D eigenvalue weighted by molar-refractivity contribution is 7.09. The Morgan fingerprint density at radius 1 is 1.35 bits per heavy atom. The van der Waals surface area contributed by atoms with Gasteiger partial charge in [0.05, 0.1) is 0 Å². The summed E-state index contributed by atoms with van der Waals surface area (Å²) in [6.07, 6.45) is -0.263. The largest absolute Gasteiger partial charge is 0.476 e. The van der Waals surface area contributed by atoms with Crippen molar-refractivity contribution in [3.8, 4) is 0 Å². The molecule has 0 aliphatic carbocycles. The molecule has 8 heteroatoms. The number of hydrogen-bond donors (Lipinski definition) is 1. The maximum atomic E-state index is 12.4. The number of ether oxygens (including phenoxy) is 2. The molecule has 1 heterocycles. The SMILES string of the molecule is CCO[C@@H](C[C@@H](C(C)C)N(C)C(=O)OC(C)(C)C)c1nc(C(=O)O)cs1. The third kappa shape index (κ3) is 6.57. The lowest BCUT2D eigenvalue weighted by Gasteiger charge is -2.34. The number of carbonyl (C=O) groups excluding carboxylic acids is 1. The van der Waals surface area contributed by atoms with Crippen molar-refractivity contribution in [2.45, 2.75) is 65.7 Å². The van der Waals surface area contributed by atoms with Gasteiger partial charge in [0.25, 0.3) is 0 Å². The third-order valence-electron chi connectivity index (χ3n) is 3.79. The lowest BCUT2D eigenvalue weighted by Crippen LogP contribution is -2.44. The lowest BCUT2D eigenvalue weighted by molar-refractivity contribution is -0.000894. The number of nitrogens with zero attached hydrogens (tertiary/aromatic N) is 2. The van der Waals surface area contributed by atoms with E-state index in [1.54, 1.807) is 11.9 Å². The molecule has 148 valence electrons. The molecule has 0 aromatic carbocycles. The highest BCUT2D eigenvalue weighted by Crippen LogP contribution is 2.30. The van der Waals surface area contributed by atoms with Gasteiger partial charge in [-0.25, -0.2) is 14.6 Å². The number of aromatic carboxylic acids is 1. The molecule has 7 nitrogen and oxygen atoms in total. The number of carbonyl (C=O) groups is 2. The maximum absolute atomic E-state index is 12.4. The summed E-state index contributed by atoms with van der Waals surface area (Å²) in [4.78, 5) is 29.3. The second kappa shape index (κ2) is 9.32. The summed E-state index contributed by atoms with van der Waals surface area (Å²) in [6.45, 7) is 11.9. The topological polar surface area (TPSA) is 89.0 Å². The van der Waals surface area contributed by atoms with E-state index >= 15 is 0 Å². The van der Waals surface area contributed by atoms with Gasteiger partial charge in [-0.3, -0.25) is 0 Å². The minimum atomic E-state index is -1.06. The normalized spacial score (nSPS) is 14.2. The molecule has 0 aliphatic heterocycles. The van der Waals surface area contributed by atoms with E-state index in [4.69, 9.17) is 14.6 Å². The van der Waals surface area contributed by atoms with Crippen molar-refractivity contribution < 1.29 is 24.2 Å². The fraction of sp³-hybridized carbons (Fsp3) is 0.722. The van der Waals surface area contributed by atoms with Crippen LogP contribution in [0.3, 0.4) is 0 Å². The van der Waals surface area contributed by atoms with Crippen LogP contribution >= 0.6 is 11.3 Å². The number of hydrogen-bond acceptors (Lipinski definition) is 6. The molecule has 1 rings (SSSR count). The summed E-state index contributed by atoms with van der Waals surface area (Å²) in [5, 5.41) is 11.2. The second-order valence-electron chi connectivity index (χ2n) is 7.46. The van der Waals surface area contributed by atoms with Crippen LogP contribution in [0.1, 0.15) is 69.6 Å². The first-order valence-corrected chi connectivity index (χ1v) is 9.60. The number of thiazole rings is 1. The molecule has 2 atom stereocenters. The Balaban J connectivity index is 2.99. The van der Waals surface area contributed by atoms with Crippen molar-refractivity contribution in [2.75, 3.05) is 13.7 Å². The molecule has 0 bridgehead atoms. The minimum Gasteiger partial charge on any atom is -0.476 e. The van der Waals surface area contributed by atoms with Gasteiger partial charge in [-0.05, 0) is 33.6 Å². The maximum Gasteiger partial charge on any atom is 0.410 e.